The highest BCUT2D eigenvalue weighted by Crippen LogP contribution is 2.40. The fraction of sp³-hybridized carbons (Fsp3) is 0.560. The van der Waals surface area contributed by atoms with E-state index in [0.29, 0.717) is 35.2 Å². The quantitative estimate of drug-likeness (QED) is 0.147. The summed E-state index contributed by atoms with van der Waals surface area (Å²) < 4.78 is 5.48. The summed E-state index contributed by atoms with van der Waals surface area (Å²) in [6.07, 6.45) is 4.27. The van der Waals surface area contributed by atoms with Gasteiger partial charge < -0.3 is 4.74 Å². The highest BCUT2D eigenvalue weighted by atomic mass is 28.3. The van der Waals surface area contributed by atoms with Crippen molar-refractivity contribution in [1.82, 2.24) is 0 Å². The molecule has 28 heavy (non-hydrogen) atoms. The average Bonchev–Trinajstić information content (AvgIpc) is 2.64. The monoisotopic (exact) mass is 398 g/mol. The van der Waals surface area contributed by atoms with Crippen molar-refractivity contribution in [2.75, 3.05) is 6.61 Å². The molecule has 0 bridgehead atoms. The van der Waals surface area contributed by atoms with E-state index in [4.69, 9.17) is 4.74 Å². The van der Waals surface area contributed by atoms with Gasteiger partial charge in [0, 0.05) is 12.0 Å². The summed E-state index contributed by atoms with van der Waals surface area (Å²) in [5, 5.41) is 0. The first-order valence-corrected chi connectivity index (χ1v) is 12.9. The van der Waals surface area contributed by atoms with Crippen LogP contribution in [0.15, 0.2) is 35.9 Å². The number of unbranched alkanes of at least 4 members (excludes halogenated alkanes) is 1. The largest absolute Gasteiger partial charge is 0.462 e. The van der Waals surface area contributed by atoms with Gasteiger partial charge in [0.05, 0.1) is 6.61 Å². The van der Waals surface area contributed by atoms with Crippen LogP contribution >= 0.6 is 0 Å². The summed E-state index contributed by atoms with van der Waals surface area (Å²) in [6.45, 7) is 16.4. The normalized spacial score (nSPS) is 12.3. The fourth-order valence-electron chi connectivity index (χ4n) is 4.06. The molecule has 1 aromatic rings. The number of ether oxygens (including phenoxy) is 1. The van der Waals surface area contributed by atoms with E-state index in [2.05, 4.69) is 59.9 Å². The van der Waals surface area contributed by atoms with Crippen molar-refractivity contribution in [3.05, 3.63) is 41.5 Å². The number of benzene rings is 1. The van der Waals surface area contributed by atoms with Crippen LogP contribution in [-0.4, -0.2) is 20.7 Å². The van der Waals surface area contributed by atoms with Gasteiger partial charge in [0.25, 0.3) is 0 Å². The van der Waals surface area contributed by atoms with E-state index in [1.165, 1.54) is 0 Å². The van der Waals surface area contributed by atoms with Gasteiger partial charge in [-0.15, -0.1) is 11.5 Å². The molecule has 3 heteroatoms. The molecule has 1 rings (SSSR count). The van der Waals surface area contributed by atoms with Gasteiger partial charge in [-0.1, -0.05) is 85.2 Å². The van der Waals surface area contributed by atoms with Crippen LogP contribution in [0.4, 0.5) is 0 Å². The van der Waals surface area contributed by atoms with Gasteiger partial charge in [0.2, 0.25) is 0 Å². The van der Waals surface area contributed by atoms with Crippen molar-refractivity contribution in [2.45, 2.75) is 84.4 Å². The maximum absolute atomic E-state index is 12.6. The van der Waals surface area contributed by atoms with Crippen molar-refractivity contribution in [1.29, 1.82) is 0 Å². The predicted octanol–water partition coefficient (Wildman–Crippen LogP) is 7.02. The van der Waals surface area contributed by atoms with Crippen LogP contribution in [0.1, 0.15) is 73.3 Å². The summed E-state index contributed by atoms with van der Waals surface area (Å²) in [4.78, 5) is 12.6. The van der Waals surface area contributed by atoms with Crippen LogP contribution in [0, 0.1) is 11.5 Å². The molecule has 0 aliphatic rings. The van der Waals surface area contributed by atoms with E-state index in [1.54, 1.807) is 0 Å². The first kappa shape index (κ1) is 24.2. The zero-order valence-electron chi connectivity index (χ0n) is 18.8. The highest BCUT2D eigenvalue weighted by molar-refractivity contribution is 6.90. The standard InChI is InChI=1S/C25H38O2Si/c1-8-9-17-27-25(26)24(19-23-14-11-10-12-15-23)16-13-18-28(20(2)3,21(4)5)22(6)7/h10-12,14-15,19-22H,8-9,16-17H2,1-7H3/b24-19-. The van der Waals surface area contributed by atoms with E-state index >= 15 is 0 Å². The second-order valence-corrected chi connectivity index (χ2v) is 14.0. The van der Waals surface area contributed by atoms with Crippen LogP contribution in [-0.2, 0) is 9.53 Å². The van der Waals surface area contributed by atoms with Gasteiger partial charge >= 0.3 is 5.97 Å². The first-order chi connectivity index (χ1) is 13.3. The Bertz CT molecular complexity index is 668. The molecule has 0 fully saturated rings. The Balaban J connectivity index is 3.15. The molecule has 0 amide bonds. The molecular weight excluding hydrogens is 360 g/mol. The lowest BCUT2D eigenvalue weighted by Crippen LogP contribution is -2.43. The molecule has 0 N–H and O–H groups in total. The zero-order chi connectivity index (χ0) is 21.2. The van der Waals surface area contributed by atoms with Gasteiger partial charge in [0.1, 0.15) is 8.07 Å². The summed E-state index contributed by atoms with van der Waals surface area (Å²) in [5.74, 6) is 3.17. The fourth-order valence-corrected chi connectivity index (χ4v) is 9.32. The second kappa shape index (κ2) is 11.9. The molecule has 154 valence electrons. The minimum atomic E-state index is -1.79. The van der Waals surface area contributed by atoms with Crippen LogP contribution in [0.5, 0.6) is 0 Å². The first-order valence-electron chi connectivity index (χ1n) is 10.7. The number of hydrogen-bond acceptors (Lipinski definition) is 2. The van der Waals surface area contributed by atoms with E-state index in [9.17, 15) is 4.79 Å². The summed E-state index contributed by atoms with van der Waals surface area (Å²) in [6, 6.07) is 9.94. The molecular formula is C25H38O2Si. The number of esters is 1. The molecule has 0 saturated heterocycles. The molecule has 1 aromatic carbocycles. The van der Waals surface area contributed by atoms with Crippen LogP contribution in [0.2, 0.25) is 16.6 Å². The molecule has 0 aliphatic carbocycles. The number of carbonyl (C=O) groups is 1. The molecule has 0 saturated carbocycles. The molecule has 0 radical (unpaired) electrons. The Labute approximate surface area is 173 Å². The Kier molecular flexibility index (Phi) is 10.3. The van der Waals surface area contributed by atoms with Crippen molar-refractivity contribution in [2.24, 2.45) is 0 Å². The van der Waals surface area contributed by atoms with Gasteiger partial charge in [0.15, 0.2) is 0 Å². The molecule has 0 aliphatic heterocycles. The highest BCUT2D eigenvalue weighted by Gasteiger charge is 2.41. The molecule has 0 aromatic heterocycles. The molecule has 2 nitrogen and oxygen atoms in total. The lowest BCUT2D eigenvalue weighted by Gasteiger charge is -2.38. The minimum Gasteiger partial charge on any atom is -0.462 e. The van der Waals surface area contributed by atoms with Gasteiger partial charge in [-0.05, 0) is 34.7 Å². The Hall–Kier alpha value is -1.79. The molecule has 0 heterocycles. The number of hydrogen-bond donors (Lipinski definition) is 0. The second-order valence-electron chi connectivity index (χ2n) is 8.45. The lowest BCUT2D eigenvalue weighted by molar-refractivity contribution is -0.139. The van der Waals surface area contributed by atoms with Crippen molar-refractivity contribution >= 4 is 20.1 Å². The van der Waals surface area contributed by atoms with E-state index in [1.807, 2.05) is 36.4 Å². The third-order valence-electron chi connectivity index (χ3n) is 5.58. The SMILES string of the molecule is CCCCOC(=O)/C(=C\c1ccccc1)CC#C[Si](C(C)C)(C(C)C)C(C)C. The smallest absolute Gasteiger partial charge is 0.335 e. The van der Waals surface area contributed by atoms with Gasteiger partial charge in [-0.3, -0.25) is 0 Å². The van der Waals surface area contributed by atoms with E-state index < -0.39 is 8.07 Å². The predicted molar refractivity (Wildman–Crippen MR) is 124 cm³/mol. The van der Waals surface area contributed by atoms with E-state index in [0.717, 1.165) is 18.4 Å². The van der Waals surface area contributed by atoms with E-state index in [-0.39, 0.29) is 5.97 Å². The zero-order valence-corrected chi connectivity index (χ0v) is 19.8. The van der Waals surface area contributed by atoms with Crippen LogP contribution in [0.3, 0.4) is 0 Å². The topological polar surface area (TPSA) is 26.3 Å². The van der Waals surface area contributed by atoms with Crippen LogP contribution in [0.25, 0.3) is 6.08 Å². The van der Waals surface area contributed by atoms with Crippen molar-refractivity contribution in [3.63, 3.8) is 0 Å². The molecule has 0 unspecified atom stereocenters. The summed E-state index contributed by atoms with van der Waals surface area (Å²) in [7, 11) is -1.79. The lowest BCUT2D eigenvalue weighted by atomic mass is 10.1. The summed E-state index contributed by atoms with van der Waals surface area (Å²) in [5.41, 5.74) is 7.11. The Morgan fingerprint density at radius 1 is 1.04 bits per heavy atom. The van der Waals surface area contributed by atoms with Crippen molar-refractivity contribution in [3.8, 4) is 11.5 Å². The Morgan fingerprint density at radius 2 is 1.61 bits per heavy atom. The van der Waals surface area contributed by atoms with Crippen LogP contribution < -0.4 is 0 Å². The average molecular weight is 399 g/mol. The maximum atomic E-state index is 12.6. The Morgan fingerprint density at radius 3 is 2.11 bits per heavy atom. The summed E-state index contributed by atoms with van der Waals surface area (Å²) >= 11 is 0. The minimum absolute atomic E-state index is 0.238. The maximum Gasteiger partial charge on any atom is 0.335 e. The third-order valence-corrected chi connectivity index (χ3v) is 11.9. The third kappa shape index (κ3) is 6.67. The van der Waals surface area contributed by atoms with Gasteiger partial charge in [-0.2, -0.15) is 0 Å². The molecule has 0 atom stereocenters. The van der Waals surface area contributed by atoms with Crippen molar-refractivity contribution < 1.29 is 9.53 Å². The number of carbonyl (C=O) groups excluding carboxylic acids is 1. The molecule has 0 spiro atoms. The van der Waals surface area contributed by atoms with Gasteiger partial charge in [-0.25, -0.2) is 4.79 Å². The number of rotatable bonds is 9.